The summed E-state index contributed by atoms with van der Waals surface area (Å²) in [5, 5.41) is 0.713. The zero-order valence-corrected chi connectivity index (χ0v) is 10.6. The van der Waals surface area contributed by atoms with Crippen LogP contribution in [0.3, 0.4) is 0 Å². The summed E-state index contributed by atoms with van der Waals surface area (Å²) in [4.78, 5) is 8.73. The lowest BCUT2D eigenvalue weighted by Gasteiger charge is -2.02. The van der Waals surface area contributed by atoms with Crippen molar-refractivity contribution >= 4 is 16.8 Å². The van der Waals surface area contributed by atoms with E-state index in [1.807, 2.05) is 0 Å². The summed E-state index contributed by atoms with van der Waals surface area (Å²) in [6.07, 6.45) is 2.19. The lowest BCUT2D eigenvalue weighted by Crippen LogP contribution is -1.99. The summed E-state index contributed by atoms with van der Waals surface area (Å²) in [7, 11) is 0. The zero-order chi connectivity index (χ0) is 13.7. The Morgan fingerprint density at radius 2 is 2.05 bits per heavy atom. The Labute approximate surface area is 114 Å². The summed E-state index contributed by atoms with van der Waals surface area (Å²) >= 11 is 0. The minimum absolute atomic E-state index is 0.243. The molecule has 1 aliphatic carbocycles. The molecule has 0 spiro atoms. The molecule has 0 atom stereocenters. The first-order valence-corrected chi connectivity index (χ1v) is 6.53. The fourth-order valence-corrected chi connectivity index (χ4v) is 2.29. The molecule has 4 rings (SSSR count). The van der Waals surface area contributed by atoms with Crippen LogP contribution in [0, 0.1) is 5.82 Å². The molecule has 5 heteroatoms. The van der Waals surface area contributed by atoms with Crippen molar-refractivity contribution in [1.29, 1.82) is 0 Å². The third-order valence-corrected chi connectivity index (χ3v) is 3.45. The molecule has 20 heavy (non-hydrogen) atoms. The van der Waals surface area contributed by atoms with Crippen molar-refractivity contribution in [3.63, 3.8) is 0 Å². The molecule has 4 nitrogen and oxygen atoms in total. The standard InChI is InChI=1S/C15H12FN3O/c16-10-3-1-2-9-6-12(20-14(9)10)11-7-13(17)19-15(18-11)8-4-5-8/h1-3,6-8H,4-5H2,(H2,17,18,19). The Hall–Kier alpha value is -2.43. The molecule has 0 aliphatic heterocycles. The van der Waals surface area contributed by atoms with Crippen molar-refractivity contribution in [3.8, 4) is 11.5 Å². The van der Waals surface area contributed by atoms with Crippen LogP contribution in [0.1, 0.15) is 24.6 Å². The molecule has 100 valence electrons. The normalized spacial score (nSPS) is 14.8. The molecular weight excluding hydrogens is 257 g/mol. The van der Waals surface area contributed by atoms with Gasteiger partial charge in [-0.15, -0.1) is 0 Å². The van der Waals surface area contributed by atoms with Crippen LogP contribution in [0.4, 0.5) is 10.2 Å². The average molecular weight is 269 g/mol. The molecular formula is C15H12FN3O. The Balaban J connectivity index is 1.87. The zero-order valence-electron chi connectivity index (χ0n) is 10.6. The molecule has 0 amide bonds. The third-order valence-electron chi connectivity index (χ3n) is 3.45. The lowest BCUT2D eigenvalue weighted by atomic mass is 10.2. The molecule has 1 fully saturated rings. The van der Waals surface area contributed by atoms with Crippen LogP contribution < -0.4 is 5.73 Å². The van der Waals surface area contributed by atoms with Gasteiger partial charge in [-0.05, 0) is 25.0 Å². The average Bonchev–Trinajstić information content (AvgIpc) is 3.18. The minimum Gasteiger partial charge on any atom is -0.451 e. The van der Waals surface area contributed by atoms with Gasteiger partial charge in [-0.3, -0.25) is 0 Å². The number of para-hydroxylation sites is 1. The van der Waals surface area contributed by atoms with Crippen LogP contribution in [0.15, 0.2) is 34.7 Å². The third kappa shape index (κ3) is 1.82. The second-order valence-electron chi connectivity index (χ2n) is 5.08. The van der Waals surface area contributed by atoms with Crippen LogP contribution in [-0.4, -0.2) is 9.97 Å². The van der Waals surface area contributed by atoms with Gasteiger partial charge < -0.3 is 10.2 Å². The highest BCUT2D eigenvalue weighted by molar-refractivity contribution is 5.82. The Kier molecular flexibility index (Phi) is 2.30. The topological polar surface area (TPSA) is 64.9 Å². The van der Waals surface area contributed by atoms with E-state index in [0.717, 1.165) is 18.7 Å². The number of benzene rings is 1. The molecule has 2 N–H and O–H groups in total. The van der Waals surface area contributed by atoms with E-state index in [-0.39, 0.29) is 11.4 Å². The van der Waals surface area contributed by atoms with E-state index >= 15 is 0 Å². The van der Waals surface area contributed by atoms with E-state index in [2.05, 4.69) is 9.97 Å². The van der Waals surface area contributed by atoms with Crippen LogP contribution in [0.2, 0.25) is 0 Å². The molecule has 0 saturated heterocycles. The fraction of sp³-hybridized carbons (Fsp3) is 0.200. The van der Waals surface area contributed by atoms with Crippen LogP contribution in [0.5, 0.6) is 0 Å². The molecule has 1 aromatic carbocycles. The molecule has 0 radical (unpaired) electrons. The van der Waals surface area contributed by atoms with Gasteiger partial charge in [0.2, 0.25) is 0 Å². The maximum absolute atomic E-state index is 13.7. The van der Waals surface area contributed by atoms with Gasteiger partial charge in [0, 0.05) is 17.4 Å². The van der Waals surface area contributed by atoms with Crippen molar-refractivity contribution in [2.24, 2.45) is 0 Å². The molecule has 0 unspecified atom stereocenters. The first kappa shape index (κ1) is 11.4. The second-order valence-corrected chi connectivity index (χ2v) is 5.08. The molecule has 2 aromatic heterocycles. The highest BCUT2D eigenvalue weighted by Crippen LogP contribution is 2.39. The maximum atomic E-state index is 13.7. The predicted molar refractivity (Wildman–Crippen MR) is 73.6 cm³/mol. The highest BCUT2D eigenvalue weighted by atomic mass is 19.1. The van der Waals surface area contributed by atoms with Gasteiger partial charge in [0.15, 0.2) is 17.2 Å². The number of nitrogen functional groups attached to an aromatic ring is 1. The van der Waals surface area contributed by atoms with Gasteiger partial charge in [-0.2, -0.15) is 0 Å². The van der Waals surface area contributed by atoms with Crippen molar-refractivity contribution < 1.29 is 8.81 Å². The first-order chi connectivity index (χ1) is 9.70. The molecule has 2 heterocycles. The second kappa shape index (κ2) is 4.03. The minimum atomic E-state index is -0.377. The van der Waals surface area contributed by atoms with Gasteiger partial charge in [-0.25, -0.2) is 14.4 Å². The number of rotatable bonds is 2. The molecule has 0 bridgehead atoms. The number of hydrogen-bond acceptors (Lipinski definition) is 4. The number of halogens is 1. The summed E-state index contributed by atoms with van der Waals surface area (Å²) < 4.78 is 19.2. The van der Waals surface area contributed by atoms with Gasteiger partial charge in [0.25, 0.3) is 0 Å². The SMILES string of the molecule is Nc1cc(-c2cc3cccc(F)c3o2)nc(C2CC2)n1. The highest BCUT2D eigenvalue weighted by Gasteiger charge is 2.27. The predicted octanol–water partition coefficient (Wildman–Crippen LogP) is 3.49. The van der Waals surface area contributed by atoms with E-state index in [4.69, 9.17) is 10.2 Å². The maximum Gasteiger partial charge on any atom is 0.170 e. The largest absolute Gasteiger partial charge is 0.451 e. The molecule has 1 saturated carbocycles. The van der Waals surface area contributed by atoms with Crippen molar-refractivity contribution in [2.45, 2.75) is 18.8 Å². The van der Waals surface area contributed by atoms with E-state index in [1.165, 1.54) is 6.07 Å². The van der Waals surface area contributed by atoms with Gasteiger partial charge in [-0.1, -0.05) is 12.1 Å². The van der Waals surface area contributed by atoms with E-state index in [0.29, 0.717) is 28.6 Å². The number of nitrogens with two attached hydrogens (primary N) is 1. The van der Waals surface area contributed by atoms with E-state index in [1.54, 1.807) is 24.3 Å². The number of fused-ring (bicyclic) bond motifs is 1. The van der Waals surface area contributed by atoms with E-state index in [9.17, 15) is 4.39 Å². The quantitative estimate of drug-likeness (QED) is 0.773. The van der Waals surface area contributed by atoms with Crippen molar-refractivity contribution in [3.05, 3.63) is 42.0 Å². The molecule has 1 aliphatic rings. The monoisotopic (exact) mass is 269 g/mol. The number of hydrogen-bond donors (Lipinski definition) is 1. The summed E-state index contributed by atoms with van der Waals surface area (Å²) in [5.74, 6) is 1.71. The Bertz CT molecular complexity index is 808. The Morgan fingerprint density at radius 1 is 1.20 bits per heavy atom. The first-order valence-electron chi connectivity index (χ1n) is 6.53. The number of aromatic nitrogens is 2. The van der Waals surface area contributed by atoms with Crippen LogP contribution in [-0.2, 0) is 0 Å². The number of anilines is 1. The van der Waals surface area contributed by atoms with Gasteiger partial charge in [0.1, 0.15) is 17.3 Å². The number of nitrogens with zero attached hydrogens (tertiary/aromatic N) is 2. The van der Waals surface area contributed by atoms with Crippen molar-refractivity contribution in [1.82, 2.24) is 9.97 Å². The summed E-state index contributed by atoms with van der Waals surface area (Å²) in [6.45, 7) is 0. The van der Waals surface area contributed by atoms with Crippen molar-refractivity contribution in [2.75, 3.05) is 5.73 Å². The van der Waals surface area contributed by atoms with Gasteiger partial charge >= 0.3 is 0 Å². The van der Waals surface area contributed by atoms with E-state index < -0.39 is 0 Å². The smallest absolute Gasteiger partial charge is 0.170 e. The summed E-state index contributed by atoms with van der Waals surface area (Å²) in [5.41, 5.74) is 6.67. The fourth-order valence-electron chi connectivity index (χ4n) is 2.29. The lowest BCUT2D eigenvalue weighted by molar-refractivity contribution is 0.567. The Morgan fingerprint density at radius 3 is 2.80 bits per heavy atom. The van der Waals surface area contributed by atoms with Gasteiger partial charge in [0.05, 0.1) is 0 Å². The summed E-state index contributed by atoms with van der Waals surface area (Å²) in [6, 6.07) is 8.26. The molecule has 3 aromatic rings. The number of furan rings is 1. The van der Waals surface area contributed by atoms with Crippen LogP contribution in [0.25, 0.3) is 22.4 Å². The van der Waals surface area contributed by atoms with Crippen LogP contribution >= 0.6 is 0 Å².